The average molecular weight is 275 g/mol. The van der Waals surface area contributed by atoms with Crippen molar-refractivity contribution in [2.75, 3.05) is 0 Å². The molecule has 98 valence electrons. The van der Waals surface area contributed by atoms with Crippen molar-refractivity contribution in [1.29, 1.82) is 0 Å². The Morgan fingerprint density at radius 2 is 2.47 bits per heavy atom. The molecule has 0 spiro atoms. The normalized spacial score (nSPS) is 11.0. The maximum absolute atomic E-state index is 11.9. The molecule has 3 rings (SSSR count). The van der Waals surface area contributed by atoms with Crippen LogP contribution in [0.1, 0.15) is 28.8 Å². The van der Waals surface area contributed by atoms with E-state index in [0.29, 0.717) is 12.2 Å². The molecular formula is C12H13N5OS. The molecule has 0 atom stereocenters. The molecule has 3 aromatic heterocycles. The molecule has 7 heteroatoms. The summed E-state index contributed by atoms with van der Waals surface area (Å²) < 4.78 is 1.94. The van der Waals surface area contributed by atoms with E-state index in [4.69, 9.17) is 0 Å². The number of aromatic nitrogens is 4. The highest BCUT2D eigenvalue weighted by Crippen LogP contribution is 2.11. The van der Waals surface area contributed by atoms with E-state index >= 15 is 0 Å². The Bertz CT molecular complexity index is 682. The van der Waals surface area contributed by atoms with Crippen LogP contribution in [0, 0.1) is 0 Å². The van der Waals surface area contributed by atoms with E-state index < -0.39 is 0 Å². The number of nitrogens with one attached hydrogen (secondary N) is 2. The molecule has 0 aromatic carbocycles. The second-order valence-corrected chi connectivity index (χ2v) is 5.01. The Balaban J connectivity index is 1.65. The van der Waals surface area contributed by atoms with E-state index in [9.17, 15) is 4.79 Å². The van der Waals surface area contributed by atoms with Crippen LogP contribution in [0.3, 0.4) is 0 Å². The van der Waals surface area contributed by atoms with Crippen molar-refractivity contribution >= 4 is 22.2 Å². The summed E-state index contributed by atoms with van der Waals surface area (Å²) in [5, 5.41) is 11.6. The molecule has 3 heterocycles. The SMILES string of the molecule is CCc1cc(C(=O)NCc2cn3ccsc3n2)n[nH]1. The second kappa shape index (κ2) is 4.85. The molecule has 0 aliphatic carbocycles. The summed E-state index contributed by atoms with van der Waals surface area (Å²) in [7, 11) is 0. The van der Waals surface area contributed by atoms with Gasteiger partial charge in [0.1, 0.15) is 5.69 Å². The summed E-state index contributed by atoms with van der Waals surface area (Å²) in [6, 6.07) is 1.76. The highest BCUT2D eigenvalue weighted by Gasteiger charge is 2.10. The second-order valence-electron chi connectivity index (χ2n) is 4.14. The zero-order chi connectivity index (χ0) is 13.2. The van der Waals surface area contributed by atoms with E-state index in [-0.39, 0.29) is 5.91 Å². The Kier molecular flexibility index (Phi) is 3.04. The van der Waals surface area contributed by atoms with Gasteiger partial charge in [0.05, 0.1) is 12.2 Å². The van der Waals surface area contributed by atoms with Crippen LogP contribution in [-0.2, 0) is 13.0 Å². The molecule has 0 bridgehead atoms. The van der Waals surface area contributed by atoms with Crippen molar-refractivity contribution in [1.82, 2.24) is 24.9 Å². The lowest BCUT2D eigenvalue weighted by atomic mass is 10.3. The van der Waals surface area contributed by atoms with Gasteiger partial charge in [0, 0.05) is 23.5 Å². The average Bonchev–Trinajstić information content (AvgIpc) is 3.10. The number of carbonyl (C=O) groups excluding carboxylic acids is 1. The fraction of sp³-hybridized carbons (Fsp3) is 0.250. The van der Waals surface area contributed by atoms with Gasteiger partial charge in [-0.25, -0.2) is 4.98 Å². The van der Waals surface area contributed by atoms with Crippen molar-refractivity contribution < 1.29 is 4.79 Å². The summed E-state index contributed by atoms with van der Waals surface area (Å²) in [5.41, 5.74) is 2.21. The van der Waals surface area contributed by atoms with Crippen LogP contribution in [0.15, 0.2) is 23.8 Å². The number of hydrogen-bond acceptors (Lipinski definition) is 4. The van der Waals surface area contributed by atoms with Crippen LogP contribution in [0.25, 0.3) is 4.96 Å². The third-order valence-electron chi connectivity index (χ3n) is 2.82. The first-order chi connectivity index (χ1) is 9.26. The Labute approximate surface area is 113 Å². The fourth-order valence-electron chi connectivity index (χ4n) is 1.78. The van der Waals surface area contributed by atoms with E-state index in [1.54, 1.807) is 17.4 Å². The lowest BCUT2D eigenvalue weighted by Gasteiger charge is -1.99. The van der Waals surface area contributed by atoms with Gasteiger partial charge in [-0.2, -0.15) is 5.10 Å². The molecule has 1 amide bonds. The van der Waals surface area contributed by atoms with Gasteiger partial charge >= 0.3 is 0 Å². The van der Waals surface area contributed by atoms with Gasteiger partial charge in [-0.3, -0.25) is 14.3 Å². The molecule has 0 fully saturated rings. The monoisotopic (exact) mass is 275 g/mol. The molecule has 6 nitrogen and oxygen atoms in total. The van der Waals surface area contributed by atoms with Crippen molar-refractivity contribution in [3.63, 3.8) is 0 Å². The largest absolute Gasteiger partial charge is 0.345 e. The lowest BCUT2D eigenvalue weighted by molar-refractivity contribution is 0.0945. The maximum atomic E-state index is 11.9. The Hall–Kier alpha value is -2.15. The van der Waals surface area contributed by atoms with Gasteiger partial charge in [0.2, 0.25) is 0 Å². The number of carbonyl (C=O) groups is 1. The molecule has 0 radical (unpaired) electrons. The van der Waals surface area contributed by atoms with Crippen molar-refractivity contribution in [2.45, 2.75) is 19.9 Å². The minimum Gasteiger partial charge on any atom is -0.345 e. The number of amides is 1. The van der Waals surface area contributed by atoms with E-state index in [0.717, 1.165) is 22.8 Å². The van der Waals surface area contributed by atoms with Crippen LogP contribution >= 0.6 is 11.3 Å². The third kappa shape index (κ3) is 2.37. The molecular weight excluding hydrogens is 262 g/mol. The maximum Gasteiger partial charge on any atom is 0.272 e. The van der Waals surface area contributed by atoms with Gasteiger partial charge in [0.25, 0.3) is 5.91 Å². The number of thiazole rings is 1. The number of hydrogen-bond donors (Lipinski definition) is 2. The van der Waals surface area contributed by atoms with Crippen molar-refractivity contribution in [3.05, 3.63) is 40.9 Å². The quantitative estimate of drug-likeness (QED) is 0.759. The van der Waals surface area contributed by atoms with E-state index in [1.807, 2.05) is 29.1 Å². The minimum atomic E-state index is -0.188. The Morgan fingerprint density at radius 3 is 3.21 bits per heavy atom. The first kappa shape index (κ1) is 11.9. The first-order valence-corrected chi connectivity index (χ1v) is 6.88. The zero-order valence-electron chi connectivity index (χ0n) is 10.4. The van der Waals surface area contributed by atoms with Gasteiger partial charge < -0.3 is 5.32 Å². The molecule has 0 aliphatic heterocycles. The topological polar surface area (TPSA) is 75.1 Å². The van der Waals surface area contributed by atoms with Crippen molar-refractivity contribution in [2.24, 2.45) is 0 Å². The first-order valence-electron chi connectivity index (χ1n) is 6.00. The minimum absolute atomic E-state index is 0.188. The third-order valence-corrected chi connectivity index (χ3v) is 3.59. The van der Waals surface area contributed by atoms with Gasteiger partial charge in [-0.05, 0) is 12.5 Å². The summed E-state index contributed by atoms with van der Waals surface area (Å²) in [6.07, 6.45) is 4.69. The number of H-pyrrole nitrogens is 1. The predicted molar refractivity (Wildman–Crippen MR) is 72.2 cm³/mol. The number of rotatable bonds is 4. The van der Waals surface area contributed by atoms with Crippen LogP contribution < -0.4 is 5.32 Å². The van der Waals surface area contributed by atoms with Crippen LogP contribution in [0.2, 0.25) is 0 Å². The number of nitrogens with zero attached hydrogens (tertiary/aromatic N) is 3. The highest BCUT2D eigenvalue weighted by molar-refractivity contribution is 7.15. The van der Waals surface area contributed by atoms with E-state index in [1.165, 1.54) is 0 Å². The standard InChI is InChI=1S/C12H13N5OS/c1-2-8-5-10(16-15-8)11(18)13-6-9-7-17-3-4-19-12(17)14-9/h3-5,7H,2,6H2,1H3,(H,13,18)(H,15,16). The fourth-order valence-corrected chi connectivity index (χ4v) is 2.50. The van der Waals surface area contributed by atoms with Crippen LogP contribution in [0.5, 0.6) is 0 Å². The molecule has 0 saturated heterocycles. The number of aromatic amines is 1. The van der Waals surface area contributed by atoms with Gasteiger partial charge in [0.15, 0.2) is 4.96 Å². The summed E-state index contributed by atoms with van der Waals surface area (Å²) in [6.45, 7) is 2.41. The number of imidazole rings is 1. The highest BCUT2D eigenvalue weighted by atomic mass is 32.1. The summed E-state index contributed by atoms with van der Waals surface area (Å²) in [4.78, 5) is 17.2. The van der Waals surface area contributed by atoms with Gasteiger partial charge in [-0.15, -0.1) is 11.3 Å². The molecule has 2 N–H and O–H groups in total. The Morgan fingerprint density at radius 1 is 1.58 bits per heavy atom. The van der Waals surface area contributed by atoms with Crippen LogP contribution in [0.4, 0.5) is 0 Å². The molecule has 0 unspecified atom stereocenters. The molecule has 0 aliphatic rings. The van der Waals surface area contributed by atoms with Crippen molar-refractivity contribution in [3.8, 4) is 0 Å². The zero-order valence-corrected chi connectivity index (χ0v) is 11.2. The number of fused-ring (bicyclic) bond motifs is 1. The van der Waals surface area contributed by atoms with E-state index in [2.05, 4.69) is 20.5 Å². The summed E-state index contributed by atoms with van der Waals surface area (Å²) in [5.74, 6) is -0.188. The summed E-state index contributed by atoms with van der Waals surface area (Å²) >= 11 is 1.57. The smallest absolute Gasteiger partial charge is 0.272 e. The van der Waals surface area contributed by atoms with Crippen LogP contribution in [-0.4, -0.2) is 25.5 Å². The predicted octanol–water partition coefficient (Wildman–Crippen LogP) is 1.61. The molecule has 0 saturated carbocycles. The number of aryl methyl sites for hydroxylation is 1. The molecule has 3 aromatic rings. The van der Waals surface area contributed by atoms with Gasteiger partial charge in [-0.1, -0.05) is 6.92 Å². The lowest BCUT2D eigenvalue weighted by Crippen LogP contribution is -2.23. The molecule has 19 heavy (non-hydrogen) atoms.